The lowest BCUT2D eigenvalue weighted by Crippen LogP contribution is -2.50. The molecule has 2 aliphatic heterocycles. The number of amides is 1. The molecule has 6 nitrogen and oxygen atoms in total. The maximum Gasteiger partial charge on any atom is 0.228 e. The summed E-state index contributed by atoms with van der Waals surface area (Å²) in [7, 11) is 1.67. The summed E-state index contributed by atoms with van der Waals surface area (Å²) < 4.78 is 10.8. The molecule has 2 aliphatic rings. The minimum atomic E-state index is -0.409. The predicted molar refractivity (Wildman–Crippen MR) is 112 cm³/mol. The maximum atomic E-state index is 12.9. The van der Waals surface area contributed by atoms with Crippen LogP contribution in [0.15, 0.2) is 24.3 Å². The molecule has 2 fully saturated rings. The van der Waals surface area contributed by atoms with E-state index in [1.54, 1.807) is 7.11 Å². The molecular formula is C19H31Cl2N3O3. The number of anilines is 1. The van der Waals surface area contributed by atoms with Crippen molar-refractivity contribution in [2.45, 2.75) is 19.4 Å². The zero-order valence-electron chi connectivity index (χ0n) is 15.9. The van der Waals surface area contributed by atoms with Crippen LogP contribution in [0.25, 0.3) is 0 Å². The van der Waals surface area contributed by atoms with Gasteiger partial charge in [-0.3, -0.25) is 4.79 Å². The molecule has 1 amide bonds. The van der Waals surface area contributed by atoms with E-state index in [1.165, 1.54) is 5.69 Å². The second-order valence-corrected chi connectivity index (χ2v) is 6.87. The molecule has 2 heterocycles. The van der Waals surface area contributed by atoms with Gasteiger partial charge in [0.25, 0.3) is 0 Å². The molecule has 1 aromatic carbocycles. The lowest BCUT2D eigenvalue weighted by atomic mass is 9.78. The molecule has 27 heavy (non-hydrogen) atoms. The van der Waals surface area contributed by atoms with Gasteiger partial charge >= 0.3 is 0 Å². The van der Waals surface area contributed by atoms with Gasteiger partial charge in [0, 0.05) is 32.4 Å². The van der Waals surface area contributed by atoms with Crippen LogP contribution < -0.4 is 15.5 Å². The Morgan fingerprint density at radius 3 is 2.56 bits per heavy atom. The summed E-state index contributed by atoms with van der Waals surface area (Å²) in [6, 6.07) is 8.30. The number of hydrogen-bond acceptors (Lipinski definition) is 5. The minimum absolute atomic E-state index is 0. The van der Waals surface area contributed by atoms with E-state index >= 15 is 0 Å². The molecule has 0 saturated carbocycles. The third-order valence-electron chi connectivity index (χ3n) is 5.25. The largest absolute Gasteiger partial charge is 0.384 e. The van der Waals surface area contributed by atoms with Crippen molar-refractivity contribution in [3.63, 3.8) is 0 Å². The Morgan fingerprint density at radius 1 is 1.22 bits per heavy atom. The van der Waals surface area contributed by atoms with Crippen LogP contribution in [-0.2, 0) is 20.8 Å². The fourth-order valence-corrected chi connectivity index (χ4v) is 3.75. The molecular weight excluding hydrogens is 389 g/mol. The first-order chi connectivity index (χ1) is 12.2. The SMILES string of the molecule is COCC1(C(=O)NCc2ccccc2N2CCOCC2)CCNCC1.Cl.Cl. The lowest BCUT2D eigenvalue weighted by Gasteiger charge is -2.36. The van der Waals surface area contributed by atoms with Crippen molar-refractivity contribution in [3.8, 4) is 0 Å². The van der Waals surface area contributed by atoms with Crippen molar-refractivity contribution in [1.29, 1.82) is 0 Å². The van der Waals surface area contributed by atoms with E-state index < -0.39 is 5.41 Å². The van der Waals surface area contributed by atoms with Crippen LogP contribution in [0.5, 0.6) is 0 Å². The van der Waals surface area contributed by atoms with E-state index in [2.05, 4.69) is 33.7 Å². The fraction of sp³-hybridized carbons (Fsp3) is 0.632. The number of benzene rings is 1. The van der Waals surface area contributed by atoms with Gasteiger partial charge in [-0.25, -0.2) is 0 Å². The van der Waals surface area contributed by atoms with Gasteiger partial charge in [0.15, 0.2) is 0 Å². The summed E-state index contributed by atoms with van der Waals surface area (Å²) in [6.45, 7) is 6.04. The molecule has 2 N–H and O–H groups in total. The van der Waals surface area contributed by atoms with Gasteiger partial charge in [0.2, 0.25) is 5.91 Å². The van der Waals surface area contributed by atoms with Gasteiger partial charge in [-0.15, -0.1) is 24.8 Å². The molecule has 3 rings (SSSR count). The third-order valence-corrected chi connectivity index (χ3v) is 5.25. The summed E-state index contributed by atoms with van der Waals surface area (Å²) >= 11 is 0. The van der Waals surface area contributed by atoms with Gasteiger partial charge in [0.05, 0.1) is 25.2 Å². The summed E-state index contributed by atoms with van der Waals surface area (Å²) in [6.07, 6.45) is 1.63. The van der Waals surface area contributed by atoms with Crippen LogP contribution in [0.3, 0.4) is 0 Å². The third kappa shape index (κ3) is 5.96. The standard InChI is InChI=1S/C19H29N3O3.2ClH/c1-24-15-19(6-8-20-9-7-19)18(23)21-14-16-4-2-3-5-17(16)22-10-12-25-13-11-22;;/h2-5,20H,6-15H2,1H3,(H,21,23);2*1H. The van der Waals surface area contributed by atoms with E-state index in [0.29, 0.717) is 13.2 Å². The Kier molecular flexibility index (Phi) is 10.4. The normalized spacial score (nSPS) is 18.8. The zero-order valence-corrected chi connectivity index (χ0v) is 17.5. The van der Waals surface area contributed by atoms with Crippen molar-refractivity contribution >= 4 is 36.4 Å². The molecule has 0 radical (unpaired) electrons. The second kappa shape index (κ2) is 11.7. The van der Waals surface area contributed by atoms with Crippen molar-refractivity contribution < 1.29 is 14.3 Å². The van der Waals surface area contributed by atoms with E-state index in [-0.39, 0.29) is 30.7 Å². The van der Waals surface area contributed by atoms with Crippen LogP contribution in [0.1, 0.15) is 18.4 Å². The van der Waals surface area contributed by atoms with Crippen molar-refractivity contribution in [2.75, 3.05) is 58.0 Å². The maximum absolute atomic E-state index is 12.9. The highest BCUT2D eigenvalue weighted by Crippen LogP contribution is 2.30. The predicted octanol–water partition coefficient (Wildman–Crippen LogP) is 2.00. The summed E-state index contributed by atoms with van der Waals surface area (Å²) in [4.78, 5) is 15.3. The molecule has 1 aromatic rings. The molecule has 0 aliphatic carbocycles. The quantitative estimate of drug-likeness (QED) is 0.737. The number of nitrogens with one attached hydrogen (secondary N) is 2. The number of rotatable bonds is 6. The molecule has 0 aromatic heterocycles. The zero-order chi connectivity index (χ0) is 17.5. The topological polar surface area (TPSA) is 62.8 Å². The van der Waals surface area contributed by atoms with Crippen LogP contribution >= 0.6 is 24.8 Å². The molecule has 0 bridgehead atoms. The Balaban J connectivity index is 0.00000182. The van der Waals surface area contributed by atoms with Gasteiger partial charge < -0.3 is 25.0 Å². The smallest absolute Gasteiger partial charge is 0.228 e. The van der Waals surface area contributed by atoms with Crippen LogP contribution in [0, 0.1) is 5.41 Å². The van der Waals surface area contributed by atoms with Gasteiger partial charge in [-0.2, -0.15) is 0 Å². The second-order valence-electron chi connectivity index (χ2n) is 6.87. The number of carbonyl (C=O) groups is 1. The number of hydrogen-bond donors (Lipinski definition) is 2. The Bertz CT molecular complexity index is 572. The average molecular weight is 420 g/mol. The van der Waals surface area contributed by atoms with Crippen LogP contribution in [0.4, 0.5) is 5.69 Å². The number of halogens is 2. The molecule has 154 valence electrons. The molecule has 8 heteroatoms. The van der Waals surface area contributed by atoms with E-state index in [0.717, 1.165) is 57.8 Å². The molecule has 0 atom stereocenters. The van der Waals surface area contributed by atoms with Gasteiger partial charge in [0.1, 0.15) is 0 Å². The lowest BCUT2D eigenvalue weighted by molar-refractivity contribution is -0.136. The Labute approximate surface area is 174 Å². The van der Waals surface area contributed by atoms with E-state index in [1.807, 2.05) is 6.07 Å². The fourth-order valence-electron chi connectivity index (χ4n) is 3.75. The number of carbonyl (C=O) groups excluding carboxylic acids is 1. The first kappa shape index (κ1) is 24.0. The monoisotopic (exact) mass is 419 g/mol. The Morgan fingerprint density at radius 2 is 1.89 bits per heavy atom. The first-order valence-electron chi connectivity index (χ1n) is 9.14. The van der Waals surface area contributed by atoms with Crippen molar-refractivity contribution in [3.05, 3.63) is 29.8 Å². The summed E-state index contributed by atoms with van der Waals surface area (Å²) in [5, 5.41) is 6.49. The first-order valence-corrected chi connectivity index (χ1v) is 9.14. The van der Waals surface area contributed by atoms with Crippen molar-refractivity contribution in [2.24, 2.45) is 5.41 Å². The highest BCUT2D eigenvalue weighted by molar-refractivity contribution is 5.85. The highest BCUT2D eigenvalue weighted by atomic mass is 35.5. The number of morpholine rings is 1. The van der Waals surface area contributed by atoms with Gasteiger partial charge in [-0.1, -0.05) is 18.2 Å². The summed E-state index contributed by atoms with van der Waals surface area (Å²) in [5.74, 6) is 0.104. The van der Waals surface area contributed by atoms with Crippen molar-refractivity contribution in [1.82, 2.24) is 10.6 Å². The van der Waals surface area contributed by atoms with Crippen LogP contribution in [0.2, 0.25) is 0 Å². The summed E-state index contributed by atoms with van der Waals surface area (Å²) in [5.41, 5.74) is 1.94. The average Bonchev–Trinajstić information content (AvgIpc) is 2.68. The number of ether oxygens (including phenoxy) is 2. The van der Waals surface area contributed by atoms with Gasteiger partial charge in [-0.05, 0) is 37.6 Å². The van der Waals surface area contributed by atoms with E-state index in [9.17, 15) is 4.79 Å². The number of para-hydroxylation sites is 1. The number of nitrogens with zero attached hydrogens (tertiary/aromatic N) is 1. The Hall–Kier alpha value is -1.05. The van der Waals surface area contributed by atoms with E-state index in [4.69, 9.17) is 9.47 Å². The highest BCUT2D eigenvalue weighted by Gasteiger charge is 2.39. The molecule has 2 saturated heterocycles. The minimum Gasteiger partial charge on any atom is -0.384 e. The number of methoxy groups -OCH3 is 1. The number of piperidine rings is 1. The van der Waals surface area contributed by atoms with Crippen LogP contribution in [-0.4, -0.2) is 59.0 Å². The molecule has 0 spiro atoms. The molecule has 0 unspecified atom stereocenters.